The predicted molar refractivity (Wildman–Crippen MR) is 245 cm³/mol. The maximum Gasteiger partial charge on any atom is 0.508 e. The molecule has 17 nitrogen and oxygen atoms in total. The van der Waals surface area contributed by atoms with E-state index >= 15 is 0 Å². The molecule has 3 N–H and O–H groups in total. The Kier molecular flexibility index (Phi) is 17.7. The number of rotatable bonds is 11. The normalized spacial score (nSPS) is 45.9. The highest BCUT2D eigenvalue weighted by Crippen LogP contribution is 2.48. The second-order valence-corrected chi connectivity index (χ2v) is 20.3. The van der Waals surface area contributed by atoms with E-state index in [1.54, 1.807) is 46.3 Å². The highest BCUT2D eigenvalue weighted by Gasteiger charge is 2.60. The first-order valence-electron chi connectivity index (χ1n) is 24.9. The summed E-state index contributed by atoms with van der Waals surface area (Å²) in [4.78, 5) is 27.8. The Morgan fingerprint density at radius 2 is 1.68 bits per heavy atom. The van der Waals surface area contributed by atoms with E-state index < -0.39 is 109 Å². The summed E-state index contributed by atoms with van der Waals surface area (Å²) in [7, 11) is 3.14. The first kappa shape index (κ1) is 53.0. The molecule has 68 heavy (non-hydrogen) atoms. The van der Waals surface area contributed by atoms with Crippen LogP contribution in [0.5, 0.6) is 0 Å². The summed E-state index contributed by atoms with van der Waals surface area (Å²) < 4.78 is 73.4. The number of fused-ring (bicyclic) bond motifs is 2. The van der Waals surface area contributed by atoms with Crippen LogP contribution in [0, 0.1) is 23.7 Å². The van der Waals surface area contributed by atoms with Gasteiger partial charge in [0.2, 0.25) is 0 Å². The van der Waals surface area contributed by atoms with Crippen LogP contribution in [0.25, 0.3) is 0 Å². The van der Waals surface area contributed by atoms with Crippen LogP contribution in [0.1, 0.15) is 107 Å². The summed E-state index contributed by atoms with van der Waals surface area (Å²) in [5, 5.41) is 34.0. The van der Waals surface area contributed by atoms with E-state index in [0.717, 1.165) is 18.4 Å². The van der Waals surface area contributed by atoms with Gasteiger partial charge in [-0.3, -0.25) is 4.79 Å². The molecule has 0 aromatic rings. The molecule has 7 rings (SSSR count). The number of allylic oxidation sites excluding steroid dienone is 2. The van der Waals surface area contributed by atoms with Gasteiger partial charge in [-0.05, 0) is 69.1 Å². The number of aliphatic hydroxyl groups excluding tert-OH is 2. The van der Waals surface area contributed by atoms with Gasteiger partial charge in [0.25, 0.3) is 0 Å². The van der Waals surface area contributed by atoms with Crippen molar-refractivity contribution >= 4 is 12.1 Å². The predicted octanol–water partition coefficient (Wildman–Crippen LogP) is 5.75. The zero-order valence-corrected chi connectivity index (χ0v) is 41.6. The number of carbonyl (C=O) groups is 2. The Bertz CT molecular complexity index is 1850. The zero-order chi connectivity index (χ0) is 49.1. The summed E-state index contributed by atoms with van der Waals surface area (Å²) in [5.74, 6) is -2.50. The molecule has 0 amide bonds. The van der Waals surface area contributed by atoms with Crippen LogP contribution in [0.3, 0.4) is 0 Å². The maximum absolute atomic E-state index is 14.3. The fourth-order valence-corrected chi connectivity index (χ4v) is 11.2. The molecule has 0 aromatic carbocycles. The molecule has 0 radical (unpaired) electrons. The minimum Gasteiger partial charge on any atom is -0.462 e. The lowest BCUT2D eigenvalue weighted by Gasteiger charge is -2.51. The zero-order valence-electron chi connectivity index (χ0n) is 41.6. The summed E-state index contributed by atoms with van der Waals surface area (Å²) in [5.41, 5.74) is -0.180. The lowest BCUT2D eigenvalue weighted by atomic mass is 9.71. The third kappa shape index (κ3) is 11.6. The molecule has 17 heteroatoms. The van der Waals surface area contributed by atoms with Crippen molar-refractivity contribution in [2.24, 2.45) is 23.7 Å². The summed E-state index contributed by atoms with van der Waals surface area (Å²) >= 11 is 0. The molecule has 5 saturated heterocycles. The van der Waals surface area contributed by atoms with E-state index in [-0.39, 0.29) is 37.8 Å². The van der Waals surface area contributed by atoms with Gasteiger partial charge in [0, 0.05) is 52.2 Å². The topological polar surface area (TPSA) is 206 Å². The van der Waals surface area contributed by atoms with Gasteiger partial charge < -0.3 is 72.2 Å². The number of carbonyl (C=O) groups excluding carboxylic acids is 2. The van der Waals surface area contributed by atoms with Crippen LogP contribution < -0.4 is 0 Å². The van der Waals surface area contributed by atoms with Gasteiger partial charge in [-0.25, -0.2) is 4.79 Å². The number of hydrogen-bond donors (Lipinski definition) is 3. The van der Waals surface area contributed by atoms with Crippen LogP contribution in [-0.2, 0) is 61.6 Å². The SMILES string of the molecule is CC[C@H](C)[C@H]1O[C@]2(CC[C@@H]1C)C[C@@H]1C[C@@H](C/C=C(\C)[C@@H](OC(=O)OCCO[C@@H]3C[C@H](OC)[C@@H](O[C@H]4C[C@H](OC)[C@@H](O)[C@H](C)O4)[C@H](C)O3)[C@@H](C)/C=C/C=C3\CO[C@@H]4[C@H](O)C(C)=C[C@@H](C(=O)O1)[C@]34O)O2. The molecule has 7 aliphatic rings. The van der Waals surface area contributed by atoms with Gasteiger partial charge in [-0.1, -0.05) is 64.5 Å². The van der Waals surface area contributed by atoms with E-state index in [2.05, 4.69) is 20.8 Å². The fraction of sp³-hybridized carbons (Fsp3) is 0.804. The third-order valence-electron chi connectivity index (χ3n) is 15.5. The smallest absolute Gasteiger partial charge is 0.462 e. The van der Waals surface area contributed by atoms with Crippen molar-refractivity contribution in [1.29, 1.82) is 0 Å². The molecule has 0 aromatic heterocycles. The molecule has 6 heterocycles. The molecule has 5 fully saturated rings. The van der Waals surface area contributed by atoms with Crippen molar-refractivity contribution in [2.75, 3.05) is 34.0 Å². The van der Waals surface area contributed by atoms with E-state index in [1.807, 2.05) is 32.9 Å². The average molecular weight is 963 g/mol. The Morgan fingerprint density at radius 1 is 0.941 bits per heavy atom. The average Bonchev–Trinajstić information content (AvgIpc) is 3.65. The van der Waals surface area contributed by atoms with Crippen LogP contribution >= 0.6 is 0 Å². The van der Waals surface area contributed by atoms with Crippen molar-refractivity contribution in [3.05, 3.63) is 47.1 Å². The third-order valence-corrected chi connectivity index (χ3v) is 15.5. The standard InChI is InChI=1S/C51H78O17/c1-11-27(2)45-30(5)17-18-50(68-45)25-36-22-35(67-50)16-15-29(4)44(28(3)13-12-14-34-26-61-47-42(52)31(6)21-37(48(54)64-36)51(34,47)56)66-49(55)60-20-19-59-40-24-39(58-10)46(33(8)63-40)65-41-23-38(57-9)43(53)32(7)62-41/h12-15,21,27-28,30,32-33,35-47,52-53,56H,11,16-20,22-26H2,1-10H3/b13-12+,29-15+,34-14+/t27-,28-,30-,32-,33-,35+,36-,37-,38-,39-,40-,41-,42+,43-,44-,45+,46-,47+,50+,51+/m0/s1. The lowest BCUT2D eigenvalue weighted by Crippen LogP contribution is -2.58. The molecule has 384 valence electrons. The van der Waals surface area contributed by atoms with Crippen molar-refractivity contribution < 1.29 is 81.8 Å². The molecule has 1 spiro atoms. The van der Waals surface area contributed by atoms with Gasteiger partial charge in [0.15, 0.2) is 18.4 Å². The van der Waals surface area contributed by atoms with E-state index in [1.165, 1.54) is 0 Å². The first-order chi connectivity index (χ1) is 32.4. The summed E-state index contributed by atoms with van der Waals surface area (Å²) in [6.07, 6.45) is 4.02. The van der Waals surface area contributed by atoms with Crippen LogP contribution in [0.15, 0.2) is 47.1 Å². The number of ether oxygens (including phenoxy) is 12. The summed E-state index contributed by atoms with van der Waals surface area (Å²) in [6, 6.07) is 0. The highest BCUT2D eigenvalue weighted by atomic mass is 16.8. The van der Waals surface area contributed by atoms with E-state index in [4.69, 9.17) is 56.8 Å². The Balaban J connectivity index is 1.04. The van der Waals surface area contributed by atoms with Crippen molar-refractivity contribution in [3.8, 4) is 0 Å². The largest absolute Gasteiger partial charge is 0.508 e. The molecular formula is C51H78O17. The number of aliphatic hydroxyl groups is 3. The molecule has 6 aliphatic heterocycles. The molecule has 20 atom stereocenters. The van der Waals surface area contributed by atoms with Crippen LogP contribution in [-0.4, -0.2) is 159 Å². The van der Waals surface area contributed by atoms with Crippen LogP contribution in [0.4, 0.5) is 4.79 Å². The lowest BCUT2D eigenvalue weighted by molar-refractivity contribution is -0.340. The minimum absolute atomic E-state index is 0.0122. The van der Waals surface area contributed by atoms with Crippen molar-refractivity contribution in [3.63, 3.8) is 0 Å². The molecule has 0 unspecified atom stereocenters. The number of hydrogen-bond acceptors (Lipinski definition) is 17. The minimum atomic E-state index is -1.87. The maximum atomic E-state index is 14.3. The van der Waals surface area contributed by atoms with Gasteiger partial charge >= 0.3 is 12.1 Å². The number of methoxy groups -OCH3 is 2. The monoisotopic (exact) mass is 963 g/mol. The fourth-order valence-electron chi connectivity index (χ4n) is 11.2. The quantitative estimate of drug-likeness (QED) is 0.128. The van der Waals surface area contributed by atoms with Crippen molar-refractivity contribution in [2.45, 2.75) is 204 Å². The van der Waals surface area contributed by atoms with Gasteiger partial charge in [-0.2, -0.15) is 0 Å². The highest BCUT2D eigenvalue weighted by molar-refractivity contribution is 5.78. The Hall–Kier alpha value is -2.78. The van der Waals surface area contributed by atoms with Gasteiger partial charge in [0.1, 0.15) is 54.7 Å². The molecule has 2 bridgehead atoms. The second-order valence-electron chi connectivity index (χ2n) is 20.3. The van der Waals surface area contributed by atoms with Crippen molar-refractivity contribution in [1.82, 2.24) is 0 Å². The molecular weight excluding hydrogens is 885 g/mol. The molecule has 0 saturated carbocycles. The van der Waals surface area contributed by atoms with E-state index in [9.17, 15) is 24.9 Å². The first-order valence-corrected chi connectivity index (χ1v) is 24.9. The Morgan fingerprint density at radius 3 is 2.41 bits per heavy atom. The van der Waals surface area contributed by atoms with Gasteiger partial charge in [-0.15, -0.1) is 0 Å². The second kappa shape index (κ2) is 22.7. The number of esters is 1. The Labute approximate surface area is 401 Å². The van der Waals surface area contributed by atoms with Crippen LogP contribution in [0.2, 0.25) is 0 Å². The van der Waals surface area contributed by atoms with E-state index in [0.29, 0.717) is 55.6 Å². The van der Waals surface area contributed by atoms with Gasteiger partial charge in [0.05, 0.1) is 49.8 Å². The molecule has 1 aliphatic carbocycles. The summed E-state index contributed by atoms with van der Waals surface area (Å²) in [6.45, 7) is 15.6.